The molecular weight excluding hydrogens is 350 g/mol. The van der Waals surface area contributed by atoms with Crippen LogP contribution in [0.2, 0.25) is 0 Å². The van der Waals surface area contributed by atoms with Crippen molar-refractivity contribution in [3.8, 4) is 11.3 Å². The van der Waals surface area contributed by atoms with E-state index >= 15 is 0 Å². The van der Waals surface area contributed by atoms with E-state index in [1.807, 2.05) is 12.1 Å². The van der Waals surface area contributed by atoms with E-state index in [9.17, 15) is 4.79 Å². The quantitative estimate of drug-likeness (QED) is 0.729. The average molecular weight is 373 g/mol. The number of fused-ring (bicyclic) bond motifs is 1. The zero-order valence-electron chi connectivity index (χ0n) is 16.2. The van der Waals surface area contributed by atoms with Crippen LogP contribution < -0.4 is 10.6 Å². The Morgan fingerprint density at radius 1 is 1.14 bits per heavy atom. The predicted molar refractivity (Wildman–Crippen MR) is 111 cm³/mol. The van der Waals surface area contributed by atoms with Crippen LogP contribution in [0.5, 0.6) is 0 Å². The van der Waals surface area contributed by atoms with Crippen molar-refractivity contribution in [1.82, 2.24) is 15.4 Å². The van der Waals surface area contributed by atoms with Crippen molar-refractivity contribution in [3.63, 3.8) is 0 Å². The SMILES string of the molecule is CC1=CC(C)(C)N(Cc2ccccc2)c2ccc(-c3n[nH]nc3C(N)=O)cc21. The van der Waals surface area contributed by atoms with Crippen LogP contribution in [0.1, 0.15) is 42.4 Å². The molecular formula is C22H23N5O. The van der Waals surface area contributed by atoms with Gasteiger partial charge in [0, 0.05) is 23.4 Å². The zero-order valence-corrected chi connectivity index (χ0v) is 16.2. The fourth-order valence-corrected chi connectivity index (χ4v) is 3.89. The maximum atomic E-state index is 11.6. The van der Waals surface area contributed by atoms with E-state index in [2.05, 4.69) is 83.6 Å². The summed E-state index contributed by atoms with van der Waals surface area (Å²) in [5.41, 5.74) is 11.5. The summed E-state index contributed by atoms with van der Waals surface area (Å²) in [4.78, 5) is 14.0. The molecule has 6 heteroatoms. The van der Waals surface area contributed by atoms with Gasteiger partial charge in [-0.3, -0.25) is 4.79 Å². The average Bonchev–Trinajstić information content (AvgIpc) is 3.15. The van der Waals surface area contributed by atoms with Crippen molar-refractivity contribution in [3.05, 3.63) is 71.4 Å². The number of nitrogens with one attached hydrogen (secondary N) is 1. The van der Waals surface area contributed by atoms with E-state index < -0.39 is 5.91 Å². The van der Waals surface area contributed by atoms with Gasteiger partial charge in [0.1, 0.15) is 5.69 Å². The standard InChI is InChI=1S/C22H23N5O/c1-14-12-22(2,3)27(13-15-7-5-4-6-8-15)18-10-9-16(11-17(14)18)19-20(21(23)28)25-26-24-19/h4-12H,13H2,1-3H3,(H2,23,28)(H,24,25,26). The Balaban J connectivity index is 1.80. The molecule has 0 spiro atoms. The Hall–Kier alpha value is -3.41. The van der Waals surface area contributed by atoms with Gasteiger partial charge in [0.15, 0.2) is 5.69 Å². The second kappa shape index (κ2) is 6.64. The Labute approximate surface area is 164 Å². The fraction of sp³-hybridized carbons (Fsp3) is 0.227. The summed E-state index contributed by atoms with van der Waals surface area (Å²) in [6.07, 6.45) is 2.28. The number of primary amides is 1. The minimum absolute atomic E-state index is 0.124. The lowest BCUT2D eigenvalue weighted by Gasteiger charge is -2.43. The van der Waals surface area contributed by atoms with E-state index in [1.165, 1.54) is 11.1 Å². The third kappa shape index (κ3) is 3.07. The van der Waals surface area contributed by atoms with Crippen molar-refractivity contribution in [1.29, 1.82) is 0 Å². The van der Waals surface area contributed by atoms with Crippen molar-refractivity contribution in [2.24, 2.45) is 5.73 Å². The monoisotopic (exact) mass is 373 g/mol. The molecule has 0 radical (unpaired) electrons. The molecule has 0 aliphatic carbocycles. The molecule has 3 N–H and O–H groups in total. The molecule has 0 fully saturated rings. The lowest BCUT2D eigenvalue weighted by atomic mass is 9.87. The number of benzene rings is 2. The van der Waals surface area contributed by atoms with Gasteiger partial charge in [-0.25, -0.2) is 0 Å². The Kier molecular flexibility index (Phi) is 4.26. The van der Waals surface area contributed by atoms with Crippen LogP contribution in [0.3, 0.4) is 0 Å². The summed E-state index contributed by atoms with van der Waals surface area (Å²) in [6, 6.07) is 16.6. The minimum atomic E-state index is -0.597. The number of aromatic nitrogens is 3. The first-order chi connectivity index (χ1) is 13.4. The van der Waals surface area contributed by atoms with Crippen LogP contribution in [0.15, 0.2) is 54.6 Å². The molecule has 28 heavy (non-hydrogen) atoms. The van der Waals surface area contributed by atoms with Crippen LogP contribution in [0.25, 0.3) is 16.8 Å². The second-order valence-corrected chi connectivity index (χ2v) is 7.67. The van der Waals surface area contributed by atoms with Crippen LogP contribution in [-0.2, 0) is 6.54 Å². The predicted octanol–water partition coefficient (Wildman–Crippen LogP) is 3.77. The molecule has 2 aromatic carbocycles. The molecule has 0 unspecified atom stereocenters. The molecule has 142 valence electrons. The van der Waals surface area contributed by atoms with E-state index in [4.69, 9.17) is 5.73 Å². The maximum Gasteiger partial charge on any atom is 0.271 e. The smallest absolute Gasteiger partial charge is 0.271 e. The third-order valence-electron chi connectivity index (χ3n) is 5.22. The van der Waals surface area contributed by atoms with Crippen molar-refractivity contribution in [2.75, 3.05) is 4.90 Å². The highest BCUT2D eigenvalue weighted by Crippen LogP contribution is 2.41. The normalized spacial score (nSPS) is 15.1. The number of hydrogen-bond acceptors (Lipinski definition) is 4. The molecule has 1 amide bonds. The second-order valence-electron chi connectivity index (χ2n) is 7.67. The van der Waals surface area contributed by atoms with Gasteiger partial charge in [0.25, 0.3) is 5.91 Å². The number of carbonyl (C=O) groups excluding carboxylic acids is 1. The number of aromatic amines is 1. The number of amides is 1. The van der Waals surface area contributed by atoms with Crippen LogP contribution >= 0.6 is 0 Å². The molecule has 1 aliphatic rings. The third-order valence-corrected chi connectivity index (χ3v) is 5.22. The Morgan fingerprint density at radius 3 is 2.61 bits per heavy atom. The van der Waals surface area contributed by atoms with Crippen LogP contribution in [0, 0.1) is 0 Å². The van der Waals surface area contributed by atoms with Gasteiger partial charge in [0.2, 0.25) is 0 Å². The fourth-order valence-electron chi connectivity index (χ4n) is 3.89. The van der Waals surface area contributed by atoms with Gasteiger partial charge in [-0.05, 0) is 44.0 Å². The molecule has 0 saturated carbocycles. The maximum absolute atomic E-state index is 11.6. The number of rotatable bonds is 4. The number of nitrogens with two attached hydrogens (primary N) is 1. The number of hydrogen-bond donors (Lipinski definition) is 2. The summed E-state index contributed by atoms with van der Waals surface area (Å²) in [5.74, 6) is -0.597. The highest BCUT2D eigenvalue weighted by molar-refractivity contribution is 5.97. The Morgan fingerprint density at radius 2 is 1.89 bits per heavy atom. The van der Waals surface area contributed by atoms with Crippen molar-refractivity contribution < 1.29 is 4.79 Å². The summed E-state index contributed by atoms with van der Waals surface area (Å²) < 4.78 is 0. The van der Waals surface area contributed by atoms with Crippen LogP contribution in [-0.4, -0.2) is 26.9 Å². The van der Waals surface area contributed by atoms with Gasteiger partial charge < -0.3 is 10.6 Å². The number of H-pyrrole nitrogens is 1. The van der Waals surface area contributed by atoms with Gasteiger partial charge in [-0.2, -0.15) is 15.4 Å². The first-order valence-electron chi connectivity index (χ1n) is 9.23. The van der Waals surface area contributed by atoms with Crippen molar-refractivity contribution in [2.45, 2.75) is 32.9 Å². The molecule has 3 aromatic rings. The molecule has 4 rings (SSSR count). The highest BCUT2D eigenvalue weighted by Gasteiger charge is 2.31. The molecule has 2 heterocycles. The van der Waals surface area contributed by atoms with Crippen molar-refractivity contribution >= 4 is 17.2 Å². The summed E-state index contributed by atoms with van der Waals surface area (Å²) in [6.45, 7) is 7.36. The minimum Gasteiger partial charge on any atom is -0.364 e. The largest absolute Gasteiger partial charge is 0.364 e. The van der Waals surface area contributed by atoms with Gasteiger partial charge in [0.05, 0.1) is 5.54 Å². The summed E-state index contributed by atoms with van der Waals surface area (Å²) in [7, 11) is 0. The Bertz CT molecular complexity index is 1070. The molecule has 0 atom stereocenters. The van der Waals surface area contributed by atoms with E-state index in [0.717, 1.165) is 23.4 Å². The first-order valence-corrected chi connectivity index (χ1v) is 9.23. The van der Waals surface area contributed by atoms with E-state index in [-0.39, 0.29) is 11.2 Å². The molecule has 1 aromatic heterocycles. The van der Waals surface area contributed by atoms with Crippen LogP contribution in [0.4, 0.5) is 5.69 Å². The van der Waals surface area contributed by atoms with E-state index in [0.29, 0.717) is 5.69 Å². The van der Waals surface area contributed by atoms with Gasteiger partial charge in [-0.1, -0.05) is 42.5 Å². The van der Waals surface area contributed by atoms with Gasteiger partial charge in [-0.15, -0.1) is 0 Å². The lowest BCUT2D eigenvalue weighted by Crippen LogP contribution is -2.44. The number of anilines is 1. The summed E-state index contributed by atoms with van der Waals surface area (Å²) in [5, 5.41) is 10.5. The number of carbonyl (C=O) groups is 1. The molecule has 1 aliphatic heterocycles. The topological polar surface area (TPSA) is 87.9 Å². The first kappa shape index (κ1) is 18.0. The molecule has 0 saturated heterocycles. The number of nitrogens with zero attached hydrogens (tertiary/aromatic N) is 3. The molecule has 0 bridgehead atoms. The molecule has 6 nitrogen and oxygen atoms in total. The summed E-state index contributed by atoms with van der Waals surface area (Å²) >= 11 is 0. The zero-order chi connectivity index (χ0) is 19.9. The van der Waals surface area contributed by atoms with Gasteiger partial charge >= 0.3 is 0 Å². The number of allylic oxidation sites excluding steroid dienone is 1. The highest BCUT2D eigenvalue weighted by atomic mass is 16.1. The van der Waals surface area contributed by atoms with E-state index in [1.54, 1.807) is 0 Å². The lowest BCUT2D eigenvalue weighted by molar-refractivity contribution is 0.0996.